The second-order valence-electron chi connectivity index (χ2n) is 5.72. The summed E-state index contributed by atoms with van der Waals surface area (Å²) in [4.78, 5) is 4.95. The smallest absolute Gasteiger partial charge is 0.0779 e. The highest BCUT2D eigenvalue weighted by Crippen LogP contribution is 2.23. The Morgan fingerprint density at radius 2 is 2.00 bits per heavy atom. The predicted molar refractivity (Wildman–Crippen MR) is 70.4 cm³/mol. The molecule has 0 radical (unpaired) electrons. The van der Waals surface area contributed by atoms with Gasteiger partial charge in [-0.2, -0.15) is 0 Å². The summed E-state index contributed by atoms with van der Waals surface area (Å²) >= 11 is 0. The van der Waals surface area contributed by atoms with Crippen LogP contribution >= 0.6 is 0 Å². The van der Waals surface area contributed by atoms with Crippen molar-refractivity contribution in [2.45, 2.75) is 25.4 Å². The average Bonchev–Trinajstić information content (AvgIpc) is 2.74. The molecule has 1 unspecified atom stereocenters. The lowest BCUT2D eigenvalue weighted by Gasteiger charge is -2.32. The Hall–Kier alpha value is -0.160. The van der Waals surface area contributed by atoms with Gasteiger partial charge < -0.3 is 15.0 Å². The van der Waals surface area contributed by atoms with E-state index in [1.54, 1.807) is 0 Å². The van der Waals surface area contributed by atoms with Crippen LogP contribution in [0.25, 0.3) is 0 Å². The number of ether oxygens (including phenoxy) is 1. The lowest BCUT2D eigenvalue weighted by Crippen LogP contribution is -2.47. The molecule has 0 saturated carbocycles. The number of hydrogen-bond donors (Lipinski definition) is 1. The van der Waals surface area contributed by atoms with Crippen LogP contribution in [0.15, 0.2) is 0 Å². The van der Waals surface area contributed by atoms with Crippen LogP contribution in [0.1, 0.15) is 19.8 Å². The molecule has 0 aromatic rings. The topological polar surface area (TPSA) is 27.7 Å². The summed E-state index contributed by atoms with van der Waals surface area (Å²) in [7, 11) is 2.20. The zero-order chi connectivity index (χ0) is 12.1. The third-order valence-corrected chi connectivity index (χ3v) is 4.00. The van der Waals surface area contributed by atoms with Crippen LogP contribution in [-0.4, -0.2) is 74.9 Å². The van der Waals surface area contributed by atoms with Crippen LogP contribution in [0.2, 0.25) is 0 Å². The van der Waals surface area contributed by atoms with Gasteiger partial charge in [-0.05, 0) is 26.8 Å². The Bertz CT molecular complexity index is 221. The maximum atomic E-state index is 5.76. The first kappa shape index (κ1) is 13.3. The molecule has 1 N–H and O–H groups in total. The maximum Gasteiger partial charge on any atom is 0.0779 e. The van der Waals surface area contributed by atoms with Crippen LogP contribution in [-0.2, 0) is 4.74 Å². The van der Waals surface area contributed by atoms with Gasteiger partial charge in [-0.25, -0.2) is 0 Å². The van der Waals surface area contributed by atoms with E-state index in [-0.39, 0.29) is 5.60 Å². The summed E-state index contributed by atoms with van der Waals surface area (Å²) in [6.07, 6.45) is 2.42. The van der Waals surface area contributed by atoms with Gasteiger partial charge in [-0.3, -0.25) is 4.90 Å². The molecule has 4 heteroatoms. The number of piperazine rings is 1. The van der Waals surface area contributed by atoms with Gasteiger partial charge in [0.25, 0.3) is 0 Å². The van der Waals surface area contributed by atoms with Crippen molar-refractivity contribution in [3.63, 3.8) is 0 Å². The molecule has 0 aliphatic carbocycles. The SMILES string of the molecule is CN1CCN(CCNCC2(C)CCCO2)CC1. The molecule has 100 valence electrons. The Kier molecular flexibility index (Phi) is 4.79. The normalized spacial score (nSPS) is 32.1. The number of hydrogen-bond acceptors (Lipinski definition) is 4. The van der Waals surface area contributed by atoms with Crippen molar-refractivity contribution in [1.82, 2.24) is 15.1 Å². The fourth-order valence-electron chi connectivity index (χ4n) is 2.64. The van der Waals surface area contributed by atoms with E-state index in [1.807, 2.05) is 0 Å². The Morgan fingerprint density at radius 1 is 1.24 bits per heavy atom. The zero-order valence-electron chi connectivity index (χ0n) is 11.4. The van der Waals surface area contributed by atoms with E-state index in [4.69, 9.17) is 4.74 Å². The Morgan fingerprint density at radius 3 is 2.65 bits per heavy atom. The molecule has 2 aliphatic heterocycles. The highest BCUT2D eigenvalue weighted by atomic mass is 16.5. The molecule has 0 aromatic heterocycles. The van der Waals surface area contributed by atoms with Crippen molar-refractivity contribution < 1.29 is 4.74 Å². The van der Waals surface area contributed by atoms with Gasteiger partial charge >= 0.3 is 0 Å². The van der Waals surface area contributed by atoms with Crippen molar-refractivity contribution in [1.29, 1.82) is 0 Å². The molecule has 2 heterocycles. The molecule has 2 fully saturated rings. The van der Waals surface area contributed by atoms with Crippen LogP contribution in [0.3, 0.4) is 0 Å². The third kappa shape index (κ3) is 4.21. The number of nitrogens with one attached hydrogen (secondary N) is 1. The van der Waals surface area contributed by atoms with E-state index in [0.717, 1.165) is 19.7 Å². The Labute approximate surface area is 105 Å². The first-order valence-electron chi connectivity index (χ1n) is 6.94. The molecular formula is C13H27N3O. The highest BCUT2D eigenvalue weighted by Gasteiger charge is 2.28. The molecule has 17 heavy (non-hydrogen) atoms. The largest absolute Gasteiger partial charge is 0.374 e. The van der Waals surface area contributed by atoms with Crippen LogP contribution < -0.4 is 5.32 Å². The van der Waals surface area contributed by atoms with E-state index >= 15 is 0 Å². The maximum absolute atomic E-state index is 5.76. The lowest BCUT2D eigenvalue weighted by atomic mass is 10.0. The monoisotopic (exact) mass is 241 g/mol. The predicted octanol–water partition coefficient (Wildman–Crippen LogP) is 0.393. The fourth-order valence-corrected chi connectivity index (χ4v) is 2.64. The minimum atomic E-state index is 0.0993. The molecule has 0 spiro atoms. The van der Waals surface area contributed by atoms with Crippen molar-refractivity contribution >= 4 is 0 Å². The molecule has 0 aromatic carbocycles. The van der Waals surface area contributed by atoms with E-state index in [2.05, 4.69) is 29.1 Å². The first-order valence-corrected chi connectivity index (χ1v) is 6.94. The van der Waals surface area contributed by atoms with Gasteiger partial charge in [-0.1, -0.05) is 0 Å². The highest BCUT2D eigenvalue weighted by molar-refractivity contribution is 4.82. The molecular weight excluding hydrogens is 214 g/mol. The zero-order valence-corrected chi connectivity index (χ0v) is 11.4. The fraction of sp³-hybridized carbons (Fsp3) is 1.00. The van der Waals surface area contributed by atoms with E-state index in [1.165, 1.54) is 45.6 Å². The van der Waals surface area contributed by atoms with Crippen molar-refractivity contribution in [3.05, 3.63) is 0 Å². The molecule has 2 aliphatic rings. The summed E-state index contributed by atoms with van der Waals surface area (Å²) < 4.78 is 5.76. The van der Waals surface area contributed by atoms with Gasteiger partial charge in [0.05, 0.1) is 5.60 Å². The van der Waals surface area contributed by atoms with Gasteiger partial charge in [0.1, 0.15) is 0 Å². The van der Waals surface area contributed by atoms with Crippen LogP contribution in [0, 0.1) is 0 Å². The standard InChI is InChI=1S/C13H27N3O/c1-13(4-3-11-17-13)12-14-5-6-16-9-7-15(2)8-10-16/h14H,3-12H2,1-2H3. The molecule has 2 saturated heterocycles. The van der Waals surface area contributed by atoms with Gasteiger partial charge in [0.2, 0.25) is 0 Å². The summed E-state index contributed by atoms with van der Waals surface area (Å²) in [6.45, 7) is 11.3. The number of likely N-dealkylation sites (N-methyl/N-ethyl adjacent to an activating group) is 1. The second kappa shape index (κ2) is 6.14. The molecule has 0 bridgehead atoms. The van der Waals surface area contributed by atoms with Crippen LogP contribution in [0.5, 0.6) is 0 Å². The minimum absolute atomic E-state index is 0.0993. The van der Waals surface area contributed by atoms with Gasteiger partial charge in [0.15, 0.2) is 0 Å². The lowest BCUT2D eigenvalue weighted by molar-refractivity contribution is 0.0204. The van der Waals surface area contributed by atoms with Gasteiger partial charge in [0, 0.05) is 52.4 Å². The average molecular weight is 241 g/mol. The van der Waals surface area contributed by atoms with Crippen molar-refractivity contribution in [3.8, 4) is 0 Å². The molecule has 1 atom stereocenters. The summed E-state index contributed by atoms with van der Waals surface area (Å²) in [6, 6.07) is 0. The van der Waals surface area contributed by atoms with E-state index in [0.29, 0.717) is 0 Å². The Balaban J connectivity index is 1.54. The third-order valence-electron chi connectivity index (χ3n) is 4.00. The molecule has 0 amide bonds. The van der Waals surface area contributed by atoms with Crippen LogP contribution in [0.4, 0.5) is 0 Å². The van der Waals surface area contributed by atoms with Crippen molar-refractivity contribution in [2.75, 3.05) is 59.5 Å². The second-order valence-corrected chi connectivity index (χ2v) is 5.72. The minimum Gasteiger partial charge on any atom is -0.374 e. The number of rotatable bonds is 5. The first-order chi connectivity index (χ1) is 8.18. The van der Waals surface area contributed by atoms with Gasteiger partial charge in [-0.15, -0.1) is 0 Å². The molecule has 2 rings (SSSR count). The summed E-state index contributed by atoms with van der Waals surface area (Å²) in [5.74, 6) is 0. The summed E-state index contributed by atoms with van der Waals surface area (Å²) in [5.41, 5.74) is 0.0993. The summed E-state index contributed by atoms with van der Waals surface area (Å²) in [5, 5.41) is 3.55. The van der Waals surface area contributed by atoms with E-state index in [9.17, 15) is 0 Å². The van der Waals surface area contributed by atoms with Crippen molar-refractivity contribution in [2.24, 2.45) is 0 Å². The van der Waals surface area contributed by atoms with E-state index < -0.39 is 0 Å². The quantitative estimate of drug-likeness (QED) is 0.705. The molecule has 4 nitrogen and oxygen atoms in total. The number of nitrogens with zero attached hydrogens (tertiary/aromatic N) is 2.